The number of hydrogen-bond donors (Lipinski definition) is 1. The molecule has 7 heteroatoms. The topological polar surface area (TPSA) is 52.7 Å². The average Bonchev–Trinajstić information content (AvgIpc) is 3.44. The maximum absolute atomic E-state index is 14.7. The molecule has 36 heavy (non-hydrogen) atoms. The largest absolute Gasteiger partial charge is 0.371 e. The second-order valence-corrected chi connectivity index (χ2v) is 10.2. The minimum absolute atomic E-state index is 0.0449. The highest BCUT2D eigenvalue weighted by Crippen LogP contribution is 2.36. The van der Waals surface area contributed by atoms with E-state index < -0.39 is 23.7 Å². The van der Waals surface area contributed by atoms with Gasteiger partial charge in [0.2, 0.25) is 5.91 Å². The van der Waals surface area contributed by atoms with Crippen molar-refractivity contribution in [2.75, 3.05) is 29.9 Å². The summed E-state index contributed by atoms with van der Waals surface area (Å²) in [6.45, 7) is 2.51. The molecule has 2 amide bonds. The lowest BCUT2D eigenvalue weighted by atomic mass is 9.77. The molecule has 2 aromatic carbocycles. The zero-order valence-electron chi connectivity index (χ0n) is 20.2. The number of carbonyl (C=O) groups excluding carboxylic acids is 2. The number of hydrogen-bond acceptors (Lipinski definition) is 3. The van der Waals surface area contributed by atoms with Crippen molar-refractivity contribution in [2.45, 2.75) is 38.1 Å². The first-order valence-electron chi connectivity index (χ1n) is 12.8. The predicted octanol–water partition coefficient (Wildman–Crippen LogP) is 6.07. The highest BCUT2D eigenvalue weighted by molar-refractivity contribution is 6.33. The molecule has 0 radical (unpaired) electrons. The molecular formula is C29H31ClFN3O2. The van der Waals surface area contributed by atoms with Crippen molar-refractivity contribution in [3.8, 4) is 0 Å². The molecule has 0 saturated carbocycles. The Bertz CT molecular complexity index is 1170. The van der Waals surface area contributed by atoms with Gasteiger partial charge in [-0.05, 0) is 62.4 Å². The fraction of sp³-hybridized carbons (Fsp3) is 0.379. The Morgan fingerprint density at radius 1 is 1.00 bits per heavy atom. The summed E-state index contributed by atoms with van der Waals surface area (Å²) in [5.41, 5.74) is 1.73. The van der Waals surface area contributed by atoms with Crippen LogP contribution in [-0.2, 0) is 4.79 Å². The Kier molecular flexibility index (Phi) is 7.42. The van der Waals surface area contributed by atoms with E-state index in [0.29, 0.717) is 25.8 Å². The van der Waals surface area contributed by atoms with Gasteiger partial charge in [0.15, 0.2) is 0 Å². The number of allylic oxidation sites excluding steroid dienone is 3. The second-order valence-electron chi connectivity index (χ2n) is 9.78. The quantitative estimate of drug-likeness (QED) is 0.534. The summed E-state index contributed by atoms with van der Waals surface area (Å²) in [7, 11) is 0. The van der Waals surface area contributed by atoms with Crippen LogP contribution in [0, 0.1) is 17.7 Å². The third kappa shape index (κ3) is 5.05. The number of likely N-dealkylation sites (tertiary alicyclic amines) is 1. The first kappa shape index (κ1) is 24.6. The first-order chi connectivity index (χ1) is 17.5. The number of anilines is 2. The molecule has 5 rings (SSSR count). The first-order valence-corrected chi connectivity index (χ1v) is 13.1. The van der Waals surface area contributed by atoms with E-state index in [1.807, 2.05) is 42.5 Å². The molecule has 1 N–H and O–H groups in total. The SMILES string of the molecule is O=C(Nc1cccc(N2CCCC2)c1)[C@H]1CCCN(C(=O)c2c(F)cccc2Cl)[C@H]1C1C=CC=CC1. The standard InChI is InChI=1S/C29H31ClFN3O2/c30-24-14-7-15-25(31)26(24)29(36)34-18-8-13-23(27(34)20-9-2-1-3-10-20)28(35)32-21-11-6-12-22(19-21)33-16-4-5-17-33/h1-3,6-7,9,11-12,14-15,19-20,23,27H,4-5,8,10,13,16-18H2,(H,32,35)/t20?,23-,27-/m0/s1. The molecule has 3 aliphatic rings. The number of halogens is 2. The van der Waals surface area contributed by atoms with E-state index in [2.05, 4.69) is 16.3 Å². The number of piperidine rings is 1. The van der Waals surface area contributed by atoms with Crippen LogP contribution in [0.2, 0.25) is 5.02 Å². The van der Waals surface area contributed by atoms with Gasteiger partial charge in [-0.15, -0.1) is 0 Å². The minimum atomic E-state index is -0.643. The van der Waals surface area contributed by atoms with Crippen LogP contribution in [0.15, 0.2) is 66.8 Å². The summed E-state index contributed by atoms with van der Waals surface area (Å²) >= 11 is 6.26. The molecule has 0 bridgehead atoms. The number of nitrogens with zero attached hydrogens (tertiary/aromatic N) is 2. The van der Waals surface area contributed by atoms with E-state index in [1.165, 1.54) is 31.0 Å². The molecule has 2 heterocycles. The fourth-order valence-electron chi connectivity index (χ4n) is 5.76. The van der Waals surface area contributed by atoms with Gasteiger partial charge in [0.1, 0.15) is 5.82 Å². The van der Waals surface area contributed by atoms with Crippen LogP contribution in [0.25, 0.3) is 0 Å². The Balaban J connectivity index is 1.42. The minimum Gasteiger partial charge on any atom is -0.371 e. The van der Waals surface area contributed by atoms with Gasteiger partial charge in [0, 0.05) is 36.9 Å². The van der Waals surface area contributed by atoms with Gasteiger partial charge in [-0.2, -0.15) is 0 Å². The fourth-order valence-corrected chi connectivity index (χ4v) is 6.00. The molecule has 0 aromatic heterocycles. The lowest BCUT2D eigenvalue weighted by Gasteiger charge is -2.44. The Labute approximate surface area is 216 Å². The molecule has 1 aliphatic carbocycles. The molecule has 1 unspecified atom stereocenters. The predicted molar refractivity (Wildman–Crippen MR) is 142 cm³/mol. The van der Waals surface area contributed by atoms with Crippen molar-refractivity contribution in [2.24, 2.45) is 11.8 Å². The Hall–Kier alpha value is -3.12. The highest BCUT2D eigenvalue weighted by atomic mass is 35.5. The lowest BCUT2D eigenvalue weighted by Crippen LogP contribution is -2.55. The summed E-state index contributed by atoms with van der Waals surface area (Å²) < 4.78 is 14.7. The van der Waals surface area contributed by atoms with Crippen molar-refractivity contribution in [1.82, 2.24) is 4.90 Å². The van der Waals surface area contributed by atoms with Gasteiger partial charge in [0.25, 0.3) is 5.91 Å². The molecule has 2 aliphatic heterocycles. The third-order valence-corrected chi connectivity index (χ3v) is 7.81. The van der Waals surface area contributed by atoms with E-state index in [9.17, 15) is 14.0 Å². The average molecular weight is 508 g/mol. The Morgan fingerprint density at radius 3 is 2.56 bits per heavy atom. The van der Waals surface area contributed by atoms with Crippen LogP contribution in [0.4, 0.5) is 15.8 Å². The molecule has 0 spiro atoms. The molecule has 2 fully saturated rings. The van der Waals surface area contributed by atoms with Crippen LogP contribution < -0.4 is 10.2 Å². The van der Waals surface area contributed by atoms with Crippen LogP contribution >= 0.6 is 11.6 Å². The van der Waals surface area contributed by atoms with Gasteiger partial charge in [-0.3, -0.25) is 9.59 Å². The normalized spacial score (nSPS) is 23.7. The van der Waals surface area contributed by atoms with Crippen LogP contribution in [-0.4, -0.2) is 42.4 Å². The van der Waals surface area contributed by atoms with Crippen LogP contribution in [0.5, 0.6) is 0 Å². The summed E-state index contributed by atoms with van der Waals surface area (Å²) in [5.74, 6) is -1.69. The van der Waals surface area contributed by atoms with Crippen molar-refractivity contribution in [3.05, 3.63) is 83.2 Å². The number of carbonyl (C=O) groups is 2. The van der Waals surface area contributed by atoms with Gasteiger partial charge in [-0.25, -0.2) is 4.39 Å². The molecule has 2 saturated heterocycles. The zero-order valence-corrected chi connectivity index (χ0v) is 21.0. The molecule has 2 aromatic rings. The molecule has 188 valence electrons. The van der Waals surface area contributed by atoms with Crippen LogP contribution in [0.1, 0.15) is 42.5 Å². The van der Waals surface area contributed by atoms with Crippen LogP contribution in [0.3, 0.4) is 0 Å². The van der Waals surface area contributed by atoms with E-state index in [-0.39, 0.29) is 22.4 Å². The van der Waals surface area contributed by atoms with Crippen molar-refractivity contribution < 1.29 is 14.0 Å². The number of nitrogens with one attached hydrogen (secondary N) is 1. The summed E-state index contributed by atoms with van der Waals surface area (Å²) in [6, 6.07) is 11.8. The van der Waals surface area contributed by atoms with Gasteiger partial charge in [-0.1, -0.05) is 48.0 Å². The molecule has 5 nitrogen and oxygen atoms in total. The highest BCUT2D eigenvalue weighted by Gasteiger charge is 2.43. The Morgan fingerprint density at radius 2 is 1.81 bits per heavy atom. The number of amides is 2. The van der Waals surface area contributed by atoms with E-state index >= 15 is 0 Å². The van der Waals surface area contributed by atoms with E-state index in [0.717, 1.165) is 24.5 Å². The smallest absolute Gasteiger partial charge is 0.258 e. The summed E-state index contributed by atoms with van der Waals surface area (Å²) in [4.78, 5) is 31.3. The van der Waals surface area contributed by atoms with E-state index in [4.69, 9.17) is 11.6 Å². The van der Waals surface area contributed by atoms with Crippen molar-refractivity contribution in [3.63, 3.8) is 0 Å². The molecular weight excluding hydrogens is 477 g/mol. The van der Waals surface area contributed by atoms with Gasteiger partial charge < -0.3 is 15.1 Å². The van der Waals surface area contributed by atoms with Crippen molar-refractivity contribution in [1.29, 1.82) is 0 Å². The summed E-state index contributed by atoms with van der Waals surface area (Å²) in [6.07, 6.45) is 12.4. The van der Waals surface area contributed by atoms with Gasteiger partial charge in [0.05, 0.1) is 22.5 Å². The lowest BCUT2D eigenvalue weighted by molar-refractivity contribution is -0.123. The van der Waals surface area contributed by atoms with E-state index in [1.54, 1.807) is 4.90 Å². The van der Waals surface area contributed by atoms with Crippen molar-refractivity contribution >= 4 is 34.8 Å². The monoisotopic (exact) mass is 507 g/mol. The number of benzene rings is 2. The maximum Gasteiger partial charge on any atom is 0.258 e. The summed E-state index contributed by atoms with van der Waals surface area (Å²) in [5, 5.41) is 3.21. The maximum atomic E-state index is 14.7. The number of rotatable bonds is 5. The van der Waals surface area contributed by atoms with Gasteiger partial charge >= 0.3 is 0 Å². The third-order valence-electron chi connectivity index (χ3n) is 7.50. The zero-order chi connectivity index (χ0) is 25.1. The molecule has 3 atom stereocenters. The second kappa shape index (κ2) is 10.9.